The molecule has 0 aromatic carbocycles. The van der Waals surface area contributed by atoms with Gasteiger partial charge in [0.15, 0.2) is 0 Å². The molecule has 0 saturated heterocycles. The van der Waals surface area contributed by atoms with E-state index < -0.39 is 5.60 Å². The van der Waals surface area contributed by atoms with E-state index in [-0.39, 0.29) is 17.6 Å². The number of hydrogen-bond donors (Lipinski definition) is 2. The molecule has 37 heavy (non-hydrogen) atoms. The van der Waals surface area contributed by atoms with Crippen molar-refractivity contribution in [3.05, 3.63) is 30.1 Å². The first-order valence-corrected chi connectivity index (χ1v) is 15.4. The van der Waals surface area contributed by atoms with Crippen molar-refractivity contribution in [2.45, 2.75) is 130 Å². The molecule has 4 fully saturated rings. The van der Waals surface area contributed by atoms with E-state index in [9.17, 15) is 10.2 Å². The highest BCUT2D eigenvalue weighted by Crippen LogP contribution is 2.68. The van der Waals surface area contributed by atoms with Crippen LogP contribution in [-0.2, 0) is 11.3 Å². The Labute approximate surface area is 226 Å². The number of aliphatic hydroxyl groups excluding tert-OH is 1. The lowest BCUT2D eigenvalue weighted by Crippen LogP contribution is -2.58. The monoisotopic (exact) mass is 511 g/mol. The molecule has 0 unspecified atom stereocenters. The van der Waals surface area contributed by atoms with E-state index in [0.717, 1.165) is 60.8 Å². The van der Waals surface area contributed by atoms with Gasteiger partial charge in [0, 0.05) is 12.4 Å². The Morgan fingerprint density at radius 2 is 1.65 bits per heavy atom. The van der Waals surface area contributed by atoms with Crippen molar-refractivity contribution in [2.75, 3.05) is 0 Å². The van der Waals surface area contributed by atoms with Gasteiger partial charge in [0.1, 0.15) is 0 Å². The first-order valence-electron chi connectivity index (χ1n) is 15.4. The zero-order chi connectivity index (χ0) is 26.4. The molecule has 4 aliphatic carbocycles. The maximum absolute atomic E-state index is 11.5. The van der Waals surface area contributed by atoms with E-state index in [1.807, 2.05) is 38.4 Å². The zero-order valence-electron chi connectivity index (χ0n) is 24.2. The number of pyridine rings is 1. The van der Waals surface area contributed by atoms with Crippen LogP contribution in [0.25, 0.3) is 0 Å². The van der Waals surface area contributed by atoms with Gasteiger partial charge in [0.2, 0.25) is 0 Å². The van der Waals surface area contributed by atoms with Crippen LogP contribution < -0.4 is 0 Å². The fraction of sp³-hybridized carbons (Fsp3) is 0.848. The zero-order valence-corrected chi connectivity index (χ0v) is 24.2. The van der Waals surface area contributed by atoms with E-state index in [0.29, 0.717) is 17.9 Å². The summed E-state index contributed by atoms with van der Waals surface area (Å²) >= 11 is 0. The maximum atomic E-state index is 11.5. The second-order valence-corrected chi connectivity index (χ2v) is 14.7. The van der Waals surface area contributed by atoms with E-state index in [2.05, 4.69) is 25.8 Å². The molecular formula is C33H53NO3. The third-order valence-electron chi connectivity index (χ3n) is 12.1. The van der Waals surface area contributed by atoms with Crippen LogP contribution in [-0.4, -0.2) is 33.0 Å². The van der Waals surface area contributed by atoms with Gasteiger partial charge in [-0.15, -0.1) is 0 Å². The molecule has 0 spiro atoms. The van der Waals surface area contributed by atoms with Gasteiger partial charge in [-0.1, -0.05) is 33.6 Å². The van der Waals surface area contributed by atoms with Gasteiger partial charge in [-0.25, -0.2) is 0 Å². The summed E-state index contributed by atoms with van der Waals surface area (Å²) in [5, 5.41) is 21.7. The fourth-order valence-corrected chi connectivity index (χ4v) is 10.2. The third-order valence-corrected chi connectivity index (χ3v) is 12.1. The van der Waals surface area contributed by atoms with Crippen molar-refractivity contribution in [3.8, 4) is 0 Å². The predicted octanol–water partition coefficient (Wildman–Crippen LogP) is 7.17. The van der Waals surface area contributed by atoms with Gasteiger partial charge in [-0.05, 0) is 136 Å². The molecule has 0 amide bonds. The number of aliphatic hydroxyl groups is 2. The Morgan fingerprint density at radius 3 is 2.38 bits per heavy atom. The predicted molar refractivity (Wildman–Crippen MR) is 149 cm³/mol. The van der Waals surface area contributed by atoms with Crippen molar-refractivity contribution < 1.29 is 14.9 Å². The minimum atomic E-state index is -0.540. The van der Waals surface area contributed by atoms with Gasteiger partial charge in [0.05, 0.1) is 24.4 Å². The molecule has 208 valence electrons. The van der Waals surface area contributed by atoms with Crippen molar-refractivity contribution in [2.24, 2.45) is 46.3 Å². The molecule has 10 atom stereocenters. The molecule has 0 bridgehead atoms. The quantitative estimate of drug-likeness (QED) is 0.388. The summed E-state index contributed by atoms with van der Waals surface area (Å²) in [6.45, 7) is 12.1. The number of aromatic nitrogens is 1. The fourth-order valence-electron chi connectivity index (χ4n) is 10.2. The second kappa shape index (κ2) is 10.5. The van der Waals surface area contributed by atoms with Crippen LogP contribution in [0.1, 0.15) is 111 Å². The van der Waals surface area contributed by atoms with Gasteiger partial charge < -0.3 is 14.9 Å². The average Bonchev–Trinajstić information content (AvgIpc) is 3.21. The normalized spacial score (nSPS) is 42.5. The number of ether oxygens (including phenoxy) is 1. The van der Waals surface area contributed by atoms with Gasteiger partial charge in [0.25, 0.3) is 0 Å². The minimum absolute atomic E-state index is 0.0442. The molecule has 1 heterocycles. The Hall–Kier alpha value is -0.970. The number of fused-ring (bicyclic) bond motifs is 5. The minimum Gasteiger partial charge on any atom is -0.390 e. The molecule has 5 rings (SSSR count). The molecule has 1 aromatic rings. The number of rotatable bonds is 8. The number of hydrogen-bond acceptors (Lipinski definition) is 4. The standard InChI is InChI=1S/C33H53NO3/c1-22(7-6-16-31(2,3)36)25-10-11-26-24-8-9-28-30(35)29(37-21-23-14-19-34-20-15-23)13-18-33(28,5)27(24)12-17-32(25,26)4/h14-15,19-20,22,24-30,35-36H,6-13,16-18,21H2,1-5H3/t22-,24+,25-,26+,27+,28+,29+,30-,32-,33-/m1/s1. The molecule has 4 heteroatoms. The summed E-state index contributed by atoms with van der Waals surface area (Å²) < 4.78 is 6.30. The molecule has 1 aromatic heterocycles. The smallest absolute Gasteiger partial charge is 0.0841 e. The first kappa shape index (κ1) is 27.6. The molecule has 4 nitrogen and oxygen atoms in total. The van der Waals surface area contributed by atoms with E-state index in [1.54, 1.807) is 0 Å². The second-order valence-electron chi connectivity index (χ2n) is 14.7. The maximum Gasteiger partial charge on any atom is 0.0841 e. The van der Waals surface area contributed by atoms with Gasteiger partial charge in [-0.2, -0.15) is 0 Å². The van der Waals surface area contributed by atoms with Crippen molar-refractivity contribution in [3.63, 3.8) is 0 Å². The highest BCUT2D eigenvalue weighted by atomic mass is 16.5. The Morgan fingerprint density at radius 1 is 0.973 bits per heavy atom. The summed E-state index contributed by atoms with van der Waals surface area (Å²) in [7, 11) is 0. The molecule has 4 saturated carbocycles. The lowest BCUT2D eigenvalue weighted by atomic mass is 9.44. The summed E-state index contributed by atoms with van der Waals surface area (Å²) in [6, 6.07) is 4.01. The summed E-state index contributed by atoms with van der Waals surface area (Å²) in [5.41, 5.74) is 1.32. The lowest BCUT2D eigenvalue weighted by molar-refractivity contribution is -0.187. The van der Waals surface area contributed by atoms with Crippen LogP contribution in [0.4, 0.5) is 0 Å². The van der Waals surface area contributed by atoms with E-state index in [1.165, 1.54) is 44.9 Å². The average molecular weight is 512 g/mol. The molecular weight excluding hydrogens is 458 g/mol. The lowest BCUT2D eigenvalue weighted by Gasteiger charge is -2.62. The SMILES string of the molecule is C[C@H](CCCC(C)(C)O)[C@H]1CC[C@H]2[C@@H]3CC[C@H]4[C@@H](O)[C@@H](OCc5ccncc5)CC[C@]4(C)[C@H]3CC[C@]12C. The molecule has 0 aliphatic heterocycles. The third kappa shape index (κ3) is 5.29. The first-order chi connectivity index (χ1) is 17.5. The van der Waals surface area contributed by atoms with Crippen LogP contribution in [0.15, 0.2) is 24.5 Å². The van der Waals surface area contributed by atoms with Crippen LogP contribution in [0, 0.1) is 46.3 Å². The van der Waals surface area contributed by atoms with Crippen molar-refractivity contribution in [1.82, 2.24) is 4.98 Å². The largest absolute Gasteiger partial charge is 0.390 e. The highest BCUT2D eigenvalue weighted by molar-refractivity contribution is 5.12. The number of nitrogens with zero attached hydrogens (tertiary/aromatic N) is 1. The van der Waals surface area contributed by atoms with Crippen LogP contribution in [0.3, 0.4) is 0 Å². The van der Waals surface area contributed by atoms with Crippen LogP contribution >= 0.6 is 0 Å². The van der Waals surface area contributed by atoms with E-state index in [4.69, 9.17) is 4.74 Å². The highest BCUT2D eigenvalue weighted by Gasteiger charge is 2.62. The van der Waals surface area contributed by atoms with Crippen molar-refractivity contribution in [1.29, 1.82) is 0 Å². The van der Waals surface area contributed by atoms with Crippen molar-refractivity contribution >= 4 is 0 Å². The Bertz CT molecular complexity index is 899. The topological polar surface area (TPSA) is 62.6 Å². The Kier molecular flexibility index (Phi) is 7.86. The Balaban J connectivity index is 1.23. The van der Waals surface area contributed by atoms with Gasteiger partial charge in [-0.3, -0.25) is 4.98 Å². The summed E-state index contributed by atoms with van der Waals surface area (Å²) in [5.74, 6) is 4.37. The van der Waals surface area contributed by atoms with Crippen LogP contribution in [0.2, 0.25) is 0 Å². The molecule has 2 N–H and O–H groups in total. The van der Waals surface area contributed by atoms with E-state index >= 15 is 0 Å². The summed E-state index contributed by atoms with van der Waals surface area (Å²) in [4.78, 5) is 4.11. The van der Waals surface area contributed by atoms with Gasteiger partial charge >= 0.3 is 0 Å². The summed E-state index contributed by atoms with van der Waals surface area (Å²) in [6.07, 6.45) is 16.6. The van der Waals surface area contributed by atoms with Crippen LogP contribution in [0.5, 0.6) is 0 Å². The molecule has 0 radical (unpaired) electrons. The molecule has 4 aliphatic rings.